The van der Waals surface area contributed by atoms with Crippen molar-refractivity contribution in [1.82, 2.24) is 0 Å². The summed E-state index contributed by atoms with van der Waals surface area (Å²) in [4.78, 5) is 51.3. The van der Waals surface area contributed by atoms with E-state index in [2.05, 4.69) is 5.32 Å². The van der Waals surface area contributed by atoms with E-state index in [1.54, 1.807) is 61.6 Å². The number of carbonyl (C=O) groups is 4. The number of ketones is 1. The molecule has 3 aromatic carbocycles. The molecule has 2 amide bonds. The fraction of sp³-hybridized carbons (Fsp3) is 0.185. The van der Waals surface area contributed by atoms with Crippen LogP contribution in [0, 0.1) is 0 Å². The van der Waals surface area contributed by atoms with Crippen molar-refractivity contribution in [3.63, 3.8) is 0 Å². The van der Waals surface area contributed by atoms with Crippen molar-refractivity contribution < 1.29 is 23.9 Å². The molecule has 0 fully saturated rings. The lowest BCUT2D eigenvalue weighted by atomic mass is 10.1. The van der Waals surface area contributed by atoms with E-state index in [4.69, 9.17) is 4.74 Å². The van der Waals surface area contributed by atoms with Gasteiger partial charge in [0, 0.05) is 30.4 Å². The normalized spacial score (nSPS) is 10.3. The summed E-state index contributed by atoms with van der Waals surface area (Å²) >= 11 is 0. The zero-order valence-electron chi connectivity index (χ0n) is 19.1. The first-order valence-electron chi connectivity index (χ1n) is 10.9. The molecular formula is C27H26N2O5. The lowest BCUT2D eigenvalue weighted by molar-refractivity contribution is -0.116. The van der Waals surface area contributed by atoms with Crippen LogP contribution in [0.25, 0.3) is 0 Å². The lowest BCUT2D eigenvalue weighted by Gasteiger charge is -2.18. The molecule has 34 heavy (non-hydrogen) atoms. The van der Waals surface area contributed by atoms with E-state index in [9.17, 15) is 19.2 Å². The highest BCUT2D eigenvalue weighted by molar-refractivity contribution is 6.12. The minimum absolute atomic E-state index is 0.0806. The minimum Gasteiger partial charge on any atom is -0.454 e. The summed E-state index contributed by atoms with van der Waals surface area (Å²) in [5.41, 5.74) is 1.87. The minimum atomic E-state index is -0.762. The molecule has 0 aromatic heterocycles. The number of esters is 1. The predicted octanol–water partition coefficient (Wildman–Crippen LogP) is 4.74. The largest absolute Gasteiger partial charge is 0.454 e. The van der Waals surface area contributed by atoms with Gasteiger partial charge in [0.2, 0.25) is 5.91 Å². The number of para-hydroxylation sites is 1. The van der Waals surface area contributed by atoms with Gasteiger partial charge in [-0.3, -0.25) is 14.4 Å². The summed E-state index contributed by atoms with van der Waals surface area (Å²) in [5, 5.41) is 2.75. The number of ether oxygens (including phenoxy) is 1. The van der Waals surface area contributed by atoms with Crippen LogP contribution in [0.5, 0.6) is 0 Å². The van der Waals surface area contributed by atoms with Gasteiger partial charge in [-0.1, -0.05) is 37.3 Å². The van der Waals surface area contributed by atoms with E-state index in [-0.39, 0.29) is 22.9 Å². The highest BCUT2D eigenvalue weighted by Crippen LogP contribution is 2.18. The van der Waals surface area contributed by atoms with Crippen LogP contribution in [-0.4, -0.2) is 37.2 Å². The van der Waals surface area contributed by atoms with Gasteiger partial charge in [-0.25, -0.2) is 4.79 Å². The van der Waals surface area contributed by atoms with Crippen molar-refractivity contribution in [2.24, 2.45) is 0 Å². The highest BCUT2D eigenvalue weighted by atomic mass is 16.5. The maximum Gasteiger partial charge on any atom is 0.339 e. The molecule has 0 radical (unpaired) electrons. The monoisotopic (exact) mass is 458 g/mol. The number of hydrogen-bond acceptors (Lipinski definition) is 5. The zero-order chi connectivity index (χ0) is 24.5. The van der Waals surface area contributed by atoms with Crippen molar-refractivity contribution in [1.29, 1.82) is 0 Å². The van der Waals surface area contributed by atoms with E-state index >= 15 is 0 Å². The van der Waals surface area contributed by atoms with Crippen LogP contribution in [0.3, 0.4) is 0 Å². The molecule has 3 rings (SSSR count). The molecule has 0 spiro atoms. The average molecular weight is 459 g/mol. The standard InChI is InChI=1S/C27H26N2O5/c1-3-9-25(31)28-20-16-14-19(15-17-20)24(30)18-34-27(33)23-13-8-7-12-22(23)26(32)29(2)21-10-5-4-6-11-21/h4-8,10-17H,3,9,18H2,1-2H3,(H,28,31). The molecule has 0 aliphatic carbocycles. The summed E-state index contributed by atoms with van der Waals surface area (Å²) < 4.78 is 5.22. The Morgan fingerprint density at radius 2 is 1.44 bits per heavy atom. The number of nitrogens with one attached hydrogen (secondary N) is 1. The Balaban J connectivity index is 1.65. The molecule has 0 aliphatic rings. The van der Waals surface area contributed by atoms with Gasteiger partial charge in [-0.2, -0.15) is 0 Å². The van der Waals surface area contributed by atoms with Gasteiger partial charge in [0.1, 0.15) is 0 Å². The summed E-state index contributed by atoms with van der Waals surface area (Å²) in [6.07, 6.45) is 1.16. The Bertz CT molecular complexity index is 1170. The quantitative estimate of drug-likeness (QED) is 0.369. The molecule has 0 unspecified atom stereocenters. The van der Waals surface area contributed by atoms with Crippen LogP contribution < -0.4 is 10.2 Å². The Labute approximate surface area is 198 Å². The van der Waals surface area contributed by atoms with E-state index in [0.29, 0.717) is 23.4 Å². The van der Waals surface area contributed by atoms with Crippen LogP contribution in [0.4, 0.5) is 11.4 Å². The van der Waals surface area contributed by atoms with Gasteiger partial charge >= 0.3 is 5.97 Å². The van der Waals surface area contributed by atoms with E-state index in [0.717, 1.165) is 6.42 Å². The summed E-state index contributed by atoms with van der Waals surface area (Å²) in [5.74, 6) is -1.63. The molecule has 0 bridgehead atoms. The lowest BCUT2D eigenvalue weighted by Crippen LogP contribution is -2.28. The summed E-state index contributed by atoms with van der Waals surface area (Å²) in [6.45, 7) is 1.44. The maximum atomic E-state index is 13.0. The second-order valence-corrected chi connectivity index (χ2v) is 7.62. The summed E-state index contributed by atoms with van der Waals surface area (Å²) in [6, 6.07) is 21.7. The van der Waals surface area contributed by atoms with E-state index in [1.807, 2.05) is 25.1 Å². The van der Waals surface area contributed by atoms with Crippen molar-refractivity contribution in [2.45, 2.75) is 19.8 Å². The topological polar surface area (TPSA) is 92.8 Å². The first-order chi connectivity index (χ1) is 16.4. The third-order valence-electron chi connectivity index (χ3n) is 5.13. The molecule has 0 saturated heterocycles. The van der Waals surface area contributed by atoms with Crippen LogP contribution >= 0.6 is 0 Å². The average Bonchev–Trinajstić information content (AvgIpc) is 2.87. The Kier molecular flexibility index (Phi) is 8.29. The Morgan fingerprint density at radius 3 is 2.09 bits per heavy atom. The van der Waals surface area contributed by atoms with Gasteiger partial charge in [-0.15, -0.1) is 0 Å². The van der Waals surface area contributed by atoms with Crippen molar-refractivity contribution in [3.8, 4) is 0 Å². The molecule has 0 atom stereocenters. The third-order valence-corrected chi connectivity index (χ3v) is 5.13. The van der Waals surface area contributed by atoms with Crippen molar-refractivity contribution in [3.05, 3.63) is 95.6 Å². The fourth-order valence-electron chi connectivity index (χ4n) is 3.28. The number of amides is 2. The Morgan fingerprint density at radius 1 is 0.824 bits per heavy atom. The van der Waals surface area contributed by atoms with E-state index < -0.39 is 18.4 Å². The van der Waals surface area contributed by atoms with Crippen molar-refractivity contribution in [2.75, 3.05) is 23.9 Å². The number of anilines is 2. The van der Waals surface area contributed by atoms with Gasteiger partial charge in [0.15, 0.2) is 12.4 Å². The molecule has 0 heterocycles. The number of benzene rings is 3. The molecule has 1 N–H and O–H groups in total. The number of carbonyl (C=O) groups excluding carboxylic acids is 4. The maximum absolute atomic E-state index is 13.0. The van der Waals surface area contributed by atoms with Gasteiger partial charge in [0.25, 0.3) is 5.91 Å². The molecule has 174 valence electrons. The Hall–Kier alpha value is -4.26. The van der Waals surface area contributed by atoms with Crippen LogP contribution in [-0.2, 0) is 9.53 Å². The molecule has 0 aliphatic heterocycles. The second-order valence-electron chi connectivity index (χ2n) is 7.62. The second kappa shape index (κ2) is 11.6. The van der Waals surface area contributed by atoms with Crippen LogP contribution in [0.1, 0.15) is 50.8 Å². The van der Waals surface area contributed by atoms with Crippen LogP contribution in [0.15, 0.2) is 78.9 Å². The van der Waals surface area contributed by atoms with Crippen molar-refractivity contribution >= 4 is 34.9 Å². The van der Waals surface area contributed by atoms with Gasteiger partial charge in [0.05, 0.1) is 11.1 Å². The van der Waals surface area contributed by atoms with E-state index in [1.165, 1.54) is 11.0 Å². The SMILES string of the molecule is CCCC(=O)Nc1ccc(C(=O)COC(=O)c2ccccc2C(=O)N(C)c2ccccc2)cc1. The third kappa shape index (κ3) is 6.16. The zero-order valence-corrected chi connectivity index (χ0v) is 19.1. The van der Waals surface area contributed by atoms with Gasteiger partial charge in [-0.05, 0) is 55.0 Å². The van der Waals surface area contributed by atoms with Crippen LogP contribution in [0.2, 0.25) is 0 Å². The smallest absolute Gasteiger partial charge is 0.339 e. The molecule has 7 nitrogen and oxygen atoms in total. The predicted molar refractivity (Wildman–Crippen MR) is 130 cm³/mol. The van der Waals surface area contributed by atoms with Gasteiger partial charge < -0.3 is 15.0 Å². The number of nitrogens with zero attached hydrogens (tertiary/aromatic N) is 1. The molecule has 7 heteroatoms. The highest BCUT2D eigenvalue weighted by Gasteiger charge is 2.22. The molecular weight excluding hydrogens is 432 g/mol. The number of rotatable bonds is 9. The number of hydrogen-bond donors (Lipinski definition) is 1. The molecule has 0 saturated carbocycles. The molecule has 3 aromatic rings. The summed E-state index contributed by atoms with van der Waals surface area (Å²) in [7, 11) is 1.62. The first-order valence-corrected chi connectivity index (χ1v) is 10.9. The fourth-order valence-corrected chi connectivity index (χ4v) is 3.28. The first kappa shape index (κ1) is 24.4. The number of Topliss-reactive ketones (excluding diaryl/α,β-unsaturated/α-hetero) is 1.